The van der Waals surface area contributed by atoms with Gasteiger partial charge in [0.05, 0.1) is 0 Å². The molecule has 1 fully saturated rings. The van der Waals surface area contributed by atoms with E-state index in [-0.39, 0.29) is 5.54 Å². The van der Waals surface area contributed by atoms with Gasteiger partial charge in [-0.15, -0.1) is 0 Å². The van der Waals surface area contributed by atoms with Crippen LogP contribution in [0.2, 0.25) is 0 Å². The molecule has 0 amide bonds. The van der Waals surface area contributed by atoms with Crippen LogP contribution in [0.4, 0.5) is 0 Å². The zero-order chi connectivity index (χ0) is 9.35. The number of hydrogen-bond donors (Lipinski definition) is 1. The fourth-order valence-electron chi connectivity index (χ4n) is 1.95. The number of rotatable bonds is 0. The van der Waals surface area contributed by atoms with Crippen molar-refractivity contribution in [1.82, 2.24) is 4.90 Å². The third-order valence-corrected chi connectivity index (χ3v) is 2.64. The maximum Gasteiger partial charge on any atom is 0.0171 e. The van der Waals surface area contributed by atoms with Gasteiger partial charge in [-0.25, -0.2) is 0 Å². The highest BCUT2D eigenvalue weighted by Crippen LogP contribution is 2.22. The maximum absolute atomic E-state index is 5.97. The second-order valence-electron chi connectivity index (χ2n) is 5.18. The van der Waals surface area contributed by atoms with E-state index in [1.54, 1.807) is 0 Å². The van der Waals surface area contributed by atoms with Gasteiger partial charge < -0.3 is 5.73 Å². The van der Waals surface area contributed by atoms with Crippen LogP contribution in [0.15, 0.2) is 0 Å². The Bertz CT molecular complexity index is 138. The van der Waals surface area contributed by atoms with Crippen molar-refractivity contribution in [2.45, 2.75) is 45.7 Å². The summed E-state index contributed by atoms with van der Waals surface area (Å²) in [6, 6.07) is 0.382. The second kappa shape index (κ2) is 3.35. The summed E-state index contributed by atoms with van der Waals surface area (Å²) in [7, 11) is 0. The predicted molar refractivity (Wildman–Crippen MR) is 53.1 cm³/mol. The molecule has 0 spiro atoms. The minimum absolute atomic E-state index is 0.284. The summed E-state index contributed by atoms with van der Waals surface area (Å²) in [5, 5.41) is 0. The molecule has 0 saturated carbocycles. The van der Waals surface area contributed by atoms with Crippen LogP contribution in [0.5, 0.6) is 0 Å². The van der Waals surface area contributed by atoms with Gasteiger partial charge >= 0.3 is 0 Å². The Labute approximate surface area is 76.1 Å². The standard InChI is InChI=1S/C10H22N2/c1-8-5-9(11)7-12(6-8)10(2,3)4/h8-9H,5-7,11H2,1-4H3. The highest BCUT2D eigenvalue weighted by atomic mass is 15.2. The lowest BCUT2D eigenvalue weighted by molar-refractivity contribution is 0.0732. The summed E-state index contributed by atoms with van der Waals surface area (Å²) >= 11 is 0. The van der Waals surface area contributed by atoms with Crippen molar-refractivity contribution in [2.24, 2.45) is 11.7 Å². The van der Waals surface area contributed by atoms with Gasteiger partial charge in [0.2, 0.25) is 0 Å². The van der Waals surface area contributed by atoms with Crippen LogP contribution in [-0.2, 0) is 0 Å². The molecule has 0 aromatic rings. The first kappa shape index (κ1) is 10.0. The predicted octanol–water partition coefficient (Wildman–Crippen LogP) is 1.45. The monoisotopic (exact) mass is 170 g/mol. The molecule has 1 aliphatic heterocycles. The lowest BCUT2D eigenvalue weighted by Gasteiger charge is -2.43. The summed E-state index contributed by atoms with van der Waals surface area (Å²) in [5.41, 5.74) is 6.25. The maximum atomic E-state index is 5.97. The molecule has 0 aromatic heterocycles. The number of nitrogens with zero attached hydrogens (tertiary/aromatic N) is 1. The van der Waals surface area contributed by atoms with E-state index in [1.807, 2.05) is 0 Å². The smallest absolute Gasteiger partial charge is 0.0171 e. The molecule has 1 saturated heterocycles. The molecule has 72 valence electrons. The van der Waals surface area contributed by atoms with E-state index >= 15 is 0 Å². The highest BCUT2D eigenvalue weighted by molar-refractivity contribution is 4.86. The molecule has 0 aliphatic carbocycles. The van der Waals surface area contributed by atoms with Gasteiger partial charge in [-0.05, 0) is 33.1 Å². The lowest BCUT2D eigenvalue weighted by Crippen LogP contribution is -2.53. The SMILES string of the molecule is CC1CC(N)CN(C(C)(C)C)C1. The molecular formula is C10H22N2. The zero-order valence-corrected chi connectivity index (χ0v) is 8.80. The fraction of sp³-hybridized carbons (Fsp3) is 1.00. The third-order valence-electron chi connectivity index (χ3n) is 2.64. The fourth-order valence-corrected chi connectivity index (χ4v) is 1.95. The Hall–Kier alpha value is -0.0800. The average Bonchev–Trinajstić information content (AvgIpc) is 1.82. The molecule has 12 heavy (non-hydrogen) atoms. The summed E-state index contributed by atoms with van der Waals surface area (Å²) in [6.07, 6.45) is 1.19. The van der Waals surface area contributed by atoms with E-state index in [0.717, 1.165) is 12.5 Å². The van der Waals surface area contributed by atoms with E-state index in [9.17, 15) is 0 Å². The van der Waals surface area contributed by atoms with Crippen molar-refractivity contribution in [3.8, 4) is 0 Å². The first-order valence-corrected chi connectivity index (χ1v) is 4.90. The van der Waals surface area contributed by atoms with Crippen LogP contribution in [0.1, 0.15) is 34.1 Å². The number of likely N-dealkylation sites (tertiary alicyclic amines) is 1. The van der Waals surface area contributed by atoms with Gasteiger partial charge in [-0.1, -0.05) is 6.92 Å². The van der Waals surface area contributed by atoms with Crippen LogP contribution in [0, 0.1) is 5.92 Å². The van der Waals surface area contributed by atoms with Crippen molar-refractivity contribution >= 4 is 0 Å². The third kappa shape index (κ3) is 2.46. The van der Waals surface area contributed by atoms with Crippen molar-refractivity contribution in [2.75, 3.05) is 13.1 Å². The van der Waals surface area contributed by atoms with Crippen LogP contribution in [-0.4, -0.2) is 29.6 Å². The molecule has 2 nitrogen and oxygen atoms in total. The minimum atomic E-state index is 0.284. The molecule has 0 bridgehead atoms. The van der Waals surface area contributed by atoms with Gasteiger partial charge in [0, 0.05) is 24.7 Å². The molecule has 2 atom stereocenters. The molecule has 1 heterocycles. The summed E-state index contributed by atoms with van der Waals surface area (Å²) in [4.78, 5) is 2.49. The molecule has 2 N–H and O–H groups in total. The van der Waals surface area contributed by atoms with Crippen molar-refractivity contribution < 1.29 is 0 Å². The normalized spacial score (nSPS) is 33.8. The molecule has 1 aliphatic rings. The average molecular weight is 170 g/mol. The van der Waals surface area contributed by atoms with Crippen LogP contribution in [0.25, 0.3) is 0 Å². The Balaban J connectivity index is 2.55. The summed E-state index contributed by atoms with van der Waals surface area (Å²) < 4.78 is 0. The Morgan fingerprint density at radius 2 is 1.83 bits per heavy atom. The Morgan fingerprint density at radius 1 is 1.25 bits per heavy atom. The van der Waals surface area contributed by atoms with Crippen LogP contribution < -0.4 is 5.73 Å². The molecule has 0 radical (unpaired) electrons. The quantitative estimate of drug-likeness (QED) is 0.596. The first-order chi connectivity index (χ1) is 5.39. The van der Waals surface area contributed by atoms with E-state index in [4.69, 9.17) is 5.73 Å². The van der Waals surface area contributed by atoms with E-state index < -0.39 is 0 Å². The van der Waals surface area contributed by atoms with Crippen molar-refractivity contribution in [3.63, 3.8) is 0 Å². The van der Waals surface area contributed by atoms with Crippen molar-refractivity contribution in [3.05, 3.63) is 0 Å². The summed E-state index contributed by atoms with van der Waals surface area (Å²) in [6.45, 7) is 11.3. The summed E-state index contributed by atoms with van der Waals surface area (Å²) in [5.74, 6) is 0.757. The van der Waals surface area contributed by atoms with Gasteiger partial charge in [0.1, 0.15) is 0 Å². The van der Waals surface area contributed by atoms with E-state index in [0.29, 0.717) is 6.04 Å². The van der Waals surface area contributed by atoms with Gasteiger partial charge in [0.15, 0.2) is 0 Å². The number of nitrogens with two attached hydrogens (primary N) is 1. The Kier molecular flexibility index (Phi) is 2.79. The van der Waals surface area contributed by atoms with E-state index in [1.165, 1.54) is 13.0 Å². The largest absolute Gasteiger partial charge is 0.327 e. The number of hydrogen-bond acceptors (Lipinski definition) is 2. The van der Waals surface area contributed by atoms with Gasteiger partial charge in [-0.3, -0.25) is 4.90 Å². The van der Waals surface area contributed by atoms with Gasteiger partial charge in [-0.2, -0.15) is 0 Å². The molecule has 2 unspecified atom stereocenters. The minimum Gasteiger partial charge on any atom is -0.327 e. The number of piperidine rings is 1. The van der Waals surface area contributed by atoms with Gasteiger partial charge in [0.25, 0.3) is 0 Å². The van der Waals surface area contributed by atoms with E-state index in [2.05, 4.69) is 32.6 Å². The second-order valence-corrected chi connectivity index (χ2v) is 5.18. The van der Waals surface area contributed by atoms with Crippen molar-refractivity contribution in [1.29, 1.82) is 0 Å². The highest BCUT2D eigenvalue weighted by Gasteiger charge is 2.29. The zero-order valence-electron chi connectivity index (χ0n) is 8.80. The molecular weight excluding hydrogens is 148 g/mol. The topological polar surface area (TPSA) is 29.3 Å². The first-order valence-electron chi connectivity index (χ1n) is 4.90. The molecule has 0 aromatic carbocycles. The van der Waals surface area contributed by atoms with Crippen LogP contribution in [0.3, 0.4) is 0 Å². The van der Waals surface area contributed by atoms with Crippen LogP contribution >= 0.6 is 0 Å². The Morgan fingerprint density at radius 3 is 2.25 bits per heavy atom. The molecule has 1 rings (SSSR count). The lowest BCUT2D eigenvalue weighted by atomic mass is 9.92. The molecule has 2 heteroatoms.